The van der Waals surface area contributed by atoms with Crippen molar-refractivity contribution in [3.63, 3.8) is 0 Å². The predicted octanol–water partition coefficient (Wildman–Crippen LogP) is 2.46. The Morgan fingerprint density at radius 2 is 2.04 bits per heavy atom. The third kappa shape index (κ3) is 4.20. The highest BCUT2D eigenvalue weighted by Crippen LogP contribution is 2.18. The highest BCUT2D eigenvalue weighted by atomic mass is 15.2. The summed E-state index contributed by atoms with van der Waals surface area (Å²) in [6.07, 6.45) is 3.68. The molecule has 0 bridgehead atoms. The molecule has 0 saturated carbocycles. The fraction of sp³-hybridized carbons (Fsp3) is 0.500. The number of aryl methyl sites for hydroxylation is 2. The van der Waals surface area contributed by atoms with Crippen molar-refractivity contribution in [3.8, 4) is 0 Å². The van der Waals surface area contributed by atoms with E-state index in [1.165, 1.54) is 31.5 Å². The number of nitrogens with zero attached hydrogens (tertiary/aromatic N) is 4. The highest BCUT2D eigenvalue weighted by molar-refractivity contribution is 5.92. The van der Waals surface area contributed by atoms with Gasteiger partial charge in [0.15, 0.2) is 5.96 Å². The smallest absolute Gasteiger partial charge is 0.230 e. The van der Waals surface area contributed by atoms with Gasteiger partial charge in [-0.05, 0) is 64.9 Å². The number of anilines is 1. The molecule has 0 atom stereocenters. The van der Waals surface area contributed by atoms with Crippen molar-refractivity contribution in [3.05, 3.63) is 29.5 Å². The van der Waals surface area contributed by atoms with E-state index >= 15 is 0 Å². The number of benzene rings is 1. The molecule has 128 valence electrons. The van der Waals surface area contributed by atoms with E-state index in [4.69, 9.17) is 5.73 Å². The monoisotopic (exact) mass is 326 g/mol. The molecule has 1 aromatic carbocycles. The minimum atomic E-state index is 0.377. The standard InChI is InChI=1S/C18H26N6/c1-13-6-7-16-15(12-13)14(2)21-18(22-16)23-17(19)20-8-5-11-24-9-3-4-10-24/h6-7,12H,3-5,8-11H2,1-2H3,(H3,19,20,21,22,23). The van der Waals surface area contributed by atoms with Crippen molar-refractivity contribution < 1.29 is 0 Å². The zero-order valence-electron chi connectivity index (χ0n) is 14.5. The fourth-order valence-electron chi connectivity index (χ4n) is 3.11. The van der Waals surface area contributed by atoms with Crippen LogP contribution in [-0.4, -0.2) is 47.0 Å². The van der Waals surface area contributed by atoms with Gasteiger partial charge in [-0.2, -0.15) is 0 Å². The van der Waals surface area contributed by atoms with Crippen LogP contribution in [-0.2, 0) is 0 Å². The van der Waals surface area contributed by atoms with Crippen LogP contribution in [0.1, 0.15) is 30.5 Å². The average molecular weight is 326 g/mol. The lowest BCUT2D eigenvalue weighted by Gasteiger charge is -2.13. The largest absolute Gasteiger partial charge is 0.370 e. The van der Waals surface area contributed by atoms with E-state index in [1.807, 2.05) is 19.1 Å². The molecule has 1 saturated heterocycles. The molecule has 0 radical (unpaired) electrons. The van der Waals surface area contributed by atoms with Crippen LogP contribution >= 0.6 is 0 Å². The van der Waals surface area contributed by atoms with Crippen molar-refractivity contribution in [2.24, 2.45) is 10.7 Å². The van der Waals surface area contributed by atoms with Crippen LogP contribution in [0.5, 0.6) is 0 Å². The number of nitrogens with one attached hydrogen (secondary N) is 1. The van der Waals surface area contributed by atoms with Gasteiger partial charge in [0.2, 0.25) is 5.95 Å². The molecule has 6 heteroatoms. The topological polar surface area (TPSA) is 79.4 Å². The summed E-state index contributed by atoms with van der Waals surface area (Å²) in [4.78, 5) is 15.9. The number of likely N-dealkylation sites (tertiary alicyclic amines) is 1. The maximum absolute atomic E-state index is 5.96. The van der Waals surface area contributed by atoms with Crippen LogP contribution in [0.2, 0.25) is 0 Å². The molecule has 0 unspecified atom stereocenters. The molecular formula is C18H26N6. The second-order valence-electron chi connectivity index (χ2n) is 6.45. The Balaban J connectivity index is 1.59. The Morgan fingerprint density at radius 3 is 2.83 bits per heavy atom. The molecule has 1 aliphatic heterocycles. The van der Waals surface area contributed by atoms with E-state index in [9.17, 15) is 0 Å². The molecule has 2 heterocycles. The number of aromatic nitrogens is 2. The van der Waals surface area contributed by atoms with Gasteiger partial charge in [-0.3, -0.25) is 10.3 Å². The zero-order chi connectivity index (χ0) is 16.9. The van der Waals surface area contributed by atoms with Crippen LogP contribution in [0.3, 0.4) is 0 Å². The highest BCUT2D eigenvalue weighted by Gasteiger charge is 2.10. The molecule has 0 spiro atoms. The Hall–Kier alpha value is -2.21. The molecular weight excluding hydrogens is 300 g/mol. The van der Waals surface area contributed by atoms with E-state index in [0.717, 1.165) is 36.1 Å². The van der Waals surface area contributed by atoms with Crippen molar-refractivity contribution >= 4 is 22.8 Å². The molecule has 1 fully saturated rings. The summed E-state index contributed by atoms with van der Waals surface area (Å²) in [7, 11) is 0. The number of nitrogens with two attached hydrogens (primary N) is 1. The van der Waals surface area contributed by atoms with Crippen LogP contribution in [0, 0.1) is 13.8 Å². The first-order chi connectivity index (χ1) is 11.6. The maximum atomic E-state index is 5.96. The van der Waals surface area contributed by atoms with Crippen LogP contribution in [0.4, 0.5) is 5.95 Å². The van der Waals surface area contributed by atoms with Gasteiger partial charge in [-0.15, -0.1) is 0 Å². The second-order valence-corrected chi connectivity index (χ2v) is 6.45. The molecule has 1 aliphatic rings. The Bertz CT molecular complexity index is 734. The summed E-state index contributed by atoms with van der Waals surface area (Å²) in [5.41, 5.74) is 9.02. The number of hydrogen-bond acceptors (Lipinski definition) is 4. The Morgan fingerprint density at radius 1 is 1.25 bits per heavy atom. The Kier molecular flexibility index (Phi) is 5.25. The van der Waals surface area contributed by atoms with Crippen molar-refractivity contribution in [2.75, 3.05) is 31.5 Å². The first-order valence-corrected chi connectivity index (χ1v) is 8.66. The van der Waals surface area contributed by atoms with Crippen molar-refractivity contribution in [2.45, 2.75) is 33.1 Å². The van der Waals surface area contributed by atoms with Crippen LogP contribution in [0.15, 0.2) is 23.2 Å². The summed E-state index contributed by atoms with van der Waals surface area (Å²) in [6, 6.07) is 6.16. The van der Waals surface area contributed by atoms with Gasteiger partial charge in [0.05, 0.1) is 11.2 Å². The lowest BCUT2D eigenvalue weighted by molar-refractivity contribution is 0.336. The van der Waals surface area contributed by atoms with E-state index in [1.54, 1.807) is 0 Å². The summed E-state index contributed by atoms with van der Waals surface area (Å²) in [5.74, 6) is 0.881. The number of rotatable bonds is 5. The molecule has 24 heavy (non-hydrogen) atoms. The van der Waals surface area contributed by atoms with E-state index in [-0.39, 0.29) is 0 Å². The predicted molar refractivity (Wildman–Crippen MR) is 99.4 cm³/mol. The Labute approximate surface area is 143 Å². The second kappa shape index (κ2) is 7.57. The molecule has 2 aromatic rings. The van der Waals surface area contributed by atoms with Gasteiger partial charge in [-0.1, -0.05) is 11.6 Å². The summed E-state index contributed by atoms with van der Waals surface area (Å²) >= 11 is 0. The van der Waals surface area contributed by atoms with E-state index in [2.05, 4.69) is 38.2 Å². The molecule has 3 N–H and O–H groups in total. The quantitative estimate of drug-likeness (QED) is 0.501. The van der Waals surface area contributed by atoms with Gasteiger partial charge in [-0.25, -0.2) is 9.97 Å². The molecule has 0 amide bonds. The van der Waals surface area contributed by atoms with Gasteiger partial charge in [0.1, 0.15) is 0 Å². The number of aliphatic imine (C=N–C) groups is 1. The summed E-state index contributed by atoms with van der Waals surface area (Å²) < 4.78 is 0. The zero-order valence-corrected chi connectivity index (χ0v) is 14.5. The van der Waals surface area contributed by atoms with Crippen LogP contribution in [0.25, 0.3) is 10.9 Å². The third-order valence-corrected chi connectivity index (χ3v) is 4.39. The minimum Gasteiger partial charge on any atom is -0.370 e. The SMILES string of the molecule is Cc1ccc2nc(NC(N)=NCCCN3CCCC3)nc(C)c2c1. The van der Waals surface area contributed by atoms with E-state index in [0.29, 0.717) is 11.9 Å². The first-order valence-electron chi connectivity index (χ1n) is 8.66. The number of hydrogen-bond donors (Lipinski definition) is 2. The summed E-state index contributed by atoms with van der Waals surface area (Å²) in [6.45, 7) is 8.32. The van der Waals surface area contributed by atoms with Gasteiger partial charge >= 0.3 is 0 Å². The van der Waals surface area contributed by atoms with E-state index < -0.39 is 0 Å². The maximum Gasteiger partial charge on any atom is 0.230 e. The van der Waals surface area contributed by atoms with Gasteiger partial charge < -0.3 is 10.6 Å². The molecule has 0 aliphatic carbocycles. The lowest BCUT2D eigenvalue weighted by Crippen LogP contribution is -2.25. The number of guanidine groups is 1. The third-order valence-electron chi connectivity index (χ3n) is 4.39. The van der Waals surface area contributed by atoms with Gasteiger partial charge in [0.25, 0.3) is 0 Å². The minimum absolute atomic E-state index is 0.377. The van der Waals surface area contributed by atoms with Crippen molar-refractivity contribution in [1.82, 2.24) is 14.9 Å². The number of fused-ring (bicyclic) bond motifs is 1. The van der Waals surface area contributed by atoms with Crippen molar-refractivity contribution in [1.29, 1.82) is 0 Å². The molecule has 1 aromatic heterocycles. The lowest BCUT2D eigenvalue weighted by atomic mass is 10.1. The summed E-state index contributed by atoms with van der Waals surface area (Å²) in [5, 5.41) is 4.08. The van der Waals surface area contributed by atoms with Crippen LogP contribution < -0.4 is 11.1 Å². The average Bonchev–Trinajstić information content (AvgIpc) is 3.06. The molecule has 6 nitrogen and oxygen atoms in total. The fourth-order valence-corrected chi connectivity index (χ4v) is 3.11. The van der Waals surface area contributed by atoms with Gasteiger partial charge in [0, 0.05) is 11.9 Å². The normalized spacial score (nSPS) is 16.0. The first kappa shape index (κ1) is 16.6. The molecule has 3 rings (SSSR count).